The number of nitrogens with one attached hydrogen (secondary N) is 1. The van der Waals surface area contributed by atoms with Gasteiger partial charge in [0.15, 0.2) is 5.65 Å². The van der Waals surface area contributed by atoms with E-state index in [2.05, 4.69) is 28.4 Å². The van der Waals surface area contributed by atoms with Gasteiger partial charge < -0.3 is 10.1 Å². The van der Waals surface area contributed by atoms with Crippen molar-refractivity contribution in [2.75, 3.05) is 13.2 Å². The predicted octanol–water partition coefficient (Wildman–Crippen LogP) is 1.79. The van der Waals surface area contributed by atoms with E-state index < -0.39 is 0 Å². The van der Waals surface area contributed by atoms with Crippen molar-refractivity contribution in [1.29, 1.82) is 0 Å². The maximum atomic E-state index is 5.48. The van der Waals surface area contributed by atoms with Crippen LogP contribution < -0.4 is 5.32 Å². The summed E-state index contributed by atoms with van der Waals surface area (Å²) in [6.45, 7) is 8.50. The molecule has 0 spiro atoms. The SMILES string of the molecule is CCOC(C)CNCc1cnc2c(c1)c(C)nn2C. The van der Waals surface area contributed by atoms with Crippen molar-refractivity contribution in [1.82, 2.24) is 20.1 Å². The molecule has 0 aliphatic rings. The molecule has 1 atom stereocenters. The van der Waals surface area contributed by atoms with Crippen molar-refractivity contribution in [3.8, 4) is 0 Å². The van der Waals surface area contributed by atoms with E-state index in [0.717, 1.165) is 36.4 Å². The third-order valence-electron chi connectivity index (χ3n) is 3.13. The number of aryl methyl sites for hydroxylation is 2. The van der Waals surface area contributed by atoms with Crippen LogP contribution in [0.25, 0.3) is 11.0 Å². The highest BCUT2D eigenvalue weighted by Gasteiger charge is 2.07. The number of ether oxygens (including phenoxy) is 1. The minimum atomic E-state index is 0.238. The fraction of sp³-hybridized carbons (Fsp3) is 0.571. The van der Waals surface area contributed by atoms with Gasteiger partial charge in [-0.25, -0.2) is 4.98 Å². The lowest BCUT2D eigenvalue weighted by Crippen LogP contribution is -2.26. The quantitative estimate of drug-likeness (QED) is 0.862. The van der Waals surface area contributed by atoms with Gasteiger partial charge in [-0.2, -0.15) is 5.10 Å². The summed E-state index contributed by atoms with van der Waals surface area (Å²) in [6, 6.07) is 2.16. The van der Waals surface area contributed by atoms with Crippen molar-refractivity contribution in [3.05, 3.63) is 23.5 Å². The molecule has 2 aromatic heterocycles. The number of nitrogens with zero attached hydrogens (tertiary/aromatic N) is 3. The zero-order valence-electron chi connectivity index (χ0n) is 12.1. The van der Waals surface area contributed by atoms with Crippen LogP contribution in [0.4, 0.5) is 0 Å². The lowest BCUT2D eigenvalue weighted by molar-refractivity contribution is 0.0759. The van der Waals surface area contributed by atoms with Gasteiger partial charge in [0.1, 0.15) is 0 Å². The Labute approximate surface area is 114 Å². The van der Waals surface area contributed by atoms with E-state index >= 15 is 0 Å². The molecule has 104 valence electrons. The highest BCUT2D eigenvalue weighted by Crippen LogP contribution is 2.16. The van der Waals surface area contributed by atoms with Crippen LogP contribution >= 0.6 is 0 Å². The molecular formula is C14H22N4O. The van der Waals surface area contributed by atoms with Crippen LogP contribution in [-0.2, 0) is 18.3 Å². The first-order valence-electron chi connectivity index (χ1n) is 6.72. The Kier molecular flexibility index (Phi) is 4.50. The summed E-state index contributed by atoms with van der Waals surface area (Å²) < 4.78 is 7.30. The fourth-order valence-corrected chi connectivity index (χ4v) is 2.21. The van der Waals surface area contributed by atoms with Gasteiger partial charge in [0.25, 0.3) is 0 Å². The zero-order chi connectivity index (χ0) is 13.8. The number of pyridine rings is 1. The van der Waals surface area contributed by atoms with Crippen molar-refractivity contribution >= 4 is 11.0 Å². The van der Waals surface area contributed by atoms with Crippen LogP contribution in [0, 0.1) is 6.92 Å². The molecule has 5 nitrogen and oxygen atoms in total. The topological polar surface area (TPSA) is 52.0 Å². The minimum absolute atomic E-state index is 0.238. The Morgan fingerprint density at radius 3 is 3.00 bits per heavy atom. The van der Waals surface area contributed by atoms with E-state index in [1.165, 1.54) is 5.56 Å². The van der Waals surface area contributed by atoms with Gasteiger partial charge in [0.2, 0.25) is 0 Å². The molecule has 0 aliphatic carbocycles. The molecule has 1 N–H and O–H groups in total. The molecule has 5 heteroatoms. The molecule has 2 aromatic rings. The monoisotopic (exact) mass is 262 g/mol. The summed E-state index contributed by atoms with van der Waals surface area (Å²) >= 11 is 0. The van der Waals surface area contributed by atoms with Crippen LogP contribution in [0.1, 0.15) is 25.1 Å². The largest absolute Gasteiger partial charge is 0.377 e. The smallest absolute Gasteiger partial charge is 0.157 e. The number of rotatable bonds is 6. The second-order valence-corrected chi connectivity index (χ2v) is 4.82. The summed E-state index contributed by atoms with van der Waals surface area (Å²) in [5, 5.41) is 8.89. The van der Waals surface area contributed by atoms with Gasteiger partial charge >= 0.3 is 0 Å². The number of hydrogen-bond donors (Lipinski definition) is 1. The molecule has 19 heavy (non-hydrogen) atoms. The molecule has 2 heterocycles. The zero-order valence-corrected chi connectivity index (χ0v) is 12.1. The van der Waals surface area contributed by atoms with Gasteiger partial charge in [0, 0.05) is 38.3 Å². The van der Waals surface area contributed by atoms with Gasteiger partial charge in [0.05, 0.1) is 11.8 Å². The lowest BCUT2D eigenvalue weighted by Gasteiger charge is -2.12. The number of fused-ring (bicyclic) bond motifs is 1. The molecule has 0 fully saturated rings. The number of hydrogen-bond acceptors (Lipinski definition) is 4. The first-order chi connectivity index (χ1) is 9.11. The minimum Gasteiger partial charge on any atom is -0.377 e. The van der Waals surface area contributed by atoms with E-state index in [9.17, 15) is 0 Å². The summed E-state index contributed by atoms with van der Waals surface area (Å²) in [5.74, 6) is 0. The van der Waals surface area contributed by atoms with Crippen LogP contribution in [-0.4, -0.2) is 34.0 Å². The van der Waals surface area contributed by atoms with Crippen LogP contribution in [0.15, 0.2) is 12.3 Å². The van der Waals surface area contributed by atoms with E-state index in [0.29, 0.717) is 0 Å². The maximum Gasteiger partial charge on any atom is 0.157 e. The van der Waals surface area contributed by atoms with Gasteiger partial charge in [-0.1, -0.05) is 0 Å². The molecule has 2 rings (SSSR count). The van der Waals surface area contributed by atoms with Crippen molar-refractivity contribution in [3.63, 3.8) is 0 Å². The molecule has 0 saturated carbocycles. The van der Waals surface area contributed by atoms with Gasteiger partial charge in [-0.15, -0.1) is 0 Å². The third-order valence-corrected chi connectivity index (χ3v) is 3.13. The van der Waals surface area contributed by atoms with Crippen LogP contribution in [0.3, 0.4) is 0 Å². The first kappa shape index (κ1) is 14.0. The predicted molar refractivity (Wildman–Crippen MR) is 76.0 cm³/mol. The highest BCUT2D eigenvalue weighted by atomic mass is 16.5. The highest BCUT2D eigenvalue weighted by molar-refractivity contribution is 5.78. The average Bonchev–Trinajstić information content (AvgIpc) is 2.65. The fourth-order valence-electron chi connectivity index (χ4n) is 2.21. The average molecular weight is 262 g/mol. The van der Waals surface area contributed by atoms with Crippen molar-refractivity contribution < 1.29 is 4.74 Å². The van der Waals surface area contributed by atoms with E-state index in [1.807, 2.05) is 31.8 Å². The Balaban J connectivity index is 2.00. The standard InChI is InChI=1S/C14H22N4O/c1-5-19-10(2)7-15-8-12-6-13-11(3)17-18(4)14(13)16-9-12/h6,9-10,15H,5,7-8H2,1-4H3. The second kappa shape index (κ2) is 6.12. The molecule has 0 saturated heterocycles. The molecule has 0 amide bonds. The van der Waals surface area contributed by atoms with Gasteiger partial charge in [-0.05, 0) is 32.4 Å². The lowest BCUT2D eigenvalue weighted by atomic mass is 10.2. The summed E-state index contributed by atoms with van der Waals surface area (Å²) in [4.78, 5) is 4.46. The van der Waals surface area contributed by atoms with Crippen LogP contribution in [0.2, 0.25) is 0 Å². The van der Waals surface area contributed by atoms with E-state index in [4.69, 9.17) is 4.74 Å². The maximum absolute atomic E-state index is 5.48. The van der Waals surface area contributed by atoms with E-state index in [-0.39, 0.29) is 6.10 Å². The Morgan fingerprint density at radius 1 is 1.47 bits per heavy atom. The molecule has 0 aliphatic heterocycles. The van der Waals surface area contributed by atoms with E-state index in [1.54, 1.807) is 0 Å². The molecular weight excluding hydrogens is 240 g/mol. The van der Waals surface area contributed by atoms with Gasteiger partial charge in [-0.3, -0.25) is 4.68 Å². The molecule has 1 unspecified atom stereocenters. The molecule has 0 radical (unpaired) electrons. The Hall–Kier alpha value is -1.46. The Morgan fingerprint density at radius 2 is 2.26 bits per heavy atom. The first-order valence-corrected chi connectivity index (χ1v) is 6.72. The van der Waals surface area contributed by atoms with Crippen LogP contribution in [0.5, 0.6) is 0 Å². The second-order valence-electron chi connectivity index (χ2n) is 4.82. The molecule has 0 bridgehead atoms. The summed E-state index contributed by atoms with van der Waals surface area (Å²) in [5.41, 5.74) is 3.13. The molecule has 0 aromatic carbocycles. The summed E-state index contributed by atoms with van der Waals surface area (Å²) in [6.07, 6.45) is 2.14. The van der Waals surface area contributed by atoms with Crippen molar-refractivity contribution in [2.24, 2.45) is 7.05 Å². The normalized spacial score (nSPS) is 13.1. The van der Waals surface area contributed by atoms with Crippen molar-refractivity contribution in [2.45, 2.75) is 33.4 Å². The number of aromatic nitrogens is 3. The Bertz CT molecular complexity index is 550. The third kappa shape index (κ3) is 3.30. The summed E-state index contributed by atoms with van der Waals surface area (Å²) in [7, 11) is 1.92.